The zero-order chi connectivity index (χ0) is 16.1. The Balaban J connectivity index is 1.67. The van der Waals surface area contributed by atoms with Crippen LogP contribution in [0.3, 0.4) is 0 Å². The van der Waals surface area contributed by atoms with Gasteiger partial charge in [-0.3, -0.25) is 9.78 Å². The van der Waals surface area contributed by atoms with Gasteiger partial charge < -0.3 is 10.2 Å². The molecule has 0 radical (unpaired) electrons. The second kappa shape index (κ2) is 7.22. The Morgan fingerprint density at radius 1 is 1.39 bits per heavy atom. The van der Waals surface area contributed by atoms with E-state index in [1.54, 1.807) is 12.4 Å². The third kappa shape index (κ3) is 3.67. The van der Waals surface area contributed by atoms with Gasteiger partial charge >= 0.3 is 0 Å². The van der Waals surface area contributed by atoms with E-state index in [0.29, 0.717) is 6.42 Å². The fraction of sp³-hybridized carbons (Fsp3) is 0.389. The first kappa shape index (κ1) is 15.5. The number of anilines is 1. The summed E-state index contributed by atoms with van der Waals surface area (Å²) in [5.74, 6) is 1.07. The molecule has 1 fully saturated rings. The first-order valence-corrected chi connectivity index (χ1v) is 8.10. The molecule has 1 amide bonds. The molecule has 1 N–H and O–H groups in total. The number of nitrogens with zero attached hydrogens (tertiary/aromatic N) is 3. The number of hydrogen-bond donors (Lipinski definition) is 1. The molecule has 23 heavy (non-hydrogen) atoms. The first-order valence-electron chi connectivity index (χ1n) is 8.10. The van der Waals surface area contributed by atoms with Crippen molar-refractivity contribution < 1.29 is 4.79 Å². The average Bonchev–Trinajstić information content (AvgIpc) is 3.10. The Kier molecular flexibility index (Phi) is 4.86. The standard InChI is InChI=1S/C18H22N4O/c1-19-17-12-15(8-10-21-17)16-5-3-11-22(16)18(23)7-6-14-4-2-9-20-13-14/h2,4,8-10,12-13,16H,3,5-7,11H2,1H3,(H,19,21). The molecule has 3 heterocycles. The van der Waals surface area contributed by atoms with E-state index in [1.807, 2.05) is 42.4 Å². The molecule has 5 heteroatoms. The van der Waals surface area contributed by atoms with Crippen LogP contribution in [-0.2, 0) is 11.2 Å². The van der Waals surface area contributed by atoms with E-state index in [9.17, 15) is 4.79 Å². The lowest BCUT2D eigenvalue weighted by atomic mass is 10.0. The van der Waals surface area contributed by atoms with Crippen LogP contribution in [0.5, 0.6) is 0 Å². The molecular formula is C18H22N4O. The van der Waals surface area contributed by atoms with Crippen LogP contribution < -0.4 is 5.32 Å². The molecule has 1 saturated heterocycles. The number of amides is 1. The van der Waals surface area contributed by atoms with Crippen molar-refractivity contribution in [3.05, 3.63) is 54.0 Å². The van der Waals surface area contributed by atoms with Crippen molar-refractivity contribution in [2.75, 3.05) is 18.9 Å². The SMILES string of the molecule is CNc1cc(C2CCCN2C(=O)CCc2cccnc2)ccn1. The summed E-state index contributed by atoms with van der Waals surface area (Å²) in [6.45, 7) is 0.841. The minimum Gasteiger partial charge on any atom is -0.373 e. The molecule has 0 spiro atoms. The molecular weight excluding hydrogens is 288 g/mol. The molecule has 2 aromatic heterocycles. The fourth-order valence-corrected chi connectivity index (χ4v) is 3.14. The molecule has 1 unspecified atom stereocenters. The van der Waals surface area contributed by atoms with Crippen molar-refractivity contribution >= 4 is 11.7 Å². The number of carbonyl (C=O) groups is 1. The fourth-order valence-electron chi connectivity index (χ4n) is 3.14. The predicted octanol–water partition coefficient (Wildman–Crippen LogP) is 2.81. The number of hydrogen-bond acceptors (Lipinski definition) is 4. The van der Waals surface area contributed by atoms with E-state index in [1.165, 1.54) is 0 Å². The van der Waals surface area contributed by atoms with Crippen LogP contribution >= 0.6 is 0 Å². The van der Waals surface area contributed by atoms with Crippen molar-refractivity contribution in [1.82, 2.24) is 14.9 Å². The molecule has 2 aromatic rings. The molecule has 5 nitrogen and oxygen atoms in total. The van der Waals surface area contributed by atoms with Gasteiger partial charge in [0.15, 0.2) is 0 Å². The summed E-state index contributed by atoms with van der Waals surface area (Å²) < 4.78 is 0. The predicted molar refractivity (Wildman–Crippen MR) is 90.0 cm³/mol. The third-order valence-electron chi connectivity index (χ3n) is 4.35. The van der Waals surface area contributed by atoms with Gasteiger partial charge in [0.25, 0.3) is 0 Å². The van der Waals surface area contributed by atoms with Crippen LogP contribution in [0.1, 0.15) is 36.4 Å². The molecule has 0 bridgehead atoms. The summed E-state index contributed by atoms with van der Waals surface area (Å²) in [6.07, 6.45) is 8.74. The smallest absolute Gasteiger partial charge is 0.223 e. The van der Waals surface area contributed by atoms with Crippen LogP contribution in [0.2, 0.25) is 0 Å². The maximum atomic E-state index is 12.6. The number of carbonyl (C=O) groups excluding carboxylic acids is 1. The van der Waals surface area contributed by atoms with Crippen molar-refractivity contribution in [2.24, 2.45) is 0 Å². The summed E-state index contributed by atoms with van der Waals surface area (Å²) in [4.78, 5) is 23.0. The van der Waals surface area contributed by atoms with Gasteiger partial charge in [0, 0.05) is 38.6 Å². The molecule has 0 saturated carbocycles. The maximum absolute atomic E-state index is 12.6. The summed E-state index contributed by atoms with van der Waals surface area (Å²) in [7, 11) is 1.86. The summed E-state index contributed by atoms with van der Waals surface area (Å²) in [5.41, 5.74) is 2.27. The van der Waals surface area contributed by atoms with E-state index in [2.05, 4.69) is 15.3 Å². The number of rotatable bonds is 5. The van der Waals surface area contributed by atoms with Crippen molar-refractivity contribution in [3.63, 3.8) is 0 Å². The number of pyridine rings is 2. The lowest BCUT2D eigenvalue weighted by Gasteiger charge is -2.25. The Labute approximate surface area is 136 Å². The van der Waals surface area contributed by atoms with Gasteiger partial charge in [-0.2, -0.15) is 0 Å². The van der Waals surface area contributed by atoms with Gasteiger partial charge in [-0.1, -0.05) is 6.07 Å². The molecule has 0 aromatic carbocycles. The van der Waals surface area contributed by atoms with E-state index >= 15 is 0 Å². The van der Waals surface area contributed by atoms with Crippen LogP contribution in [0.25, 0.3) is 0 Å². The lowest BCUT2D eigenvalue weighted by Crippen LogP contribution is -2.30. The molecule has 1 atom stereocenters. The monoisotopic (exact) mass is 310 g/mol. The largest absolute Gasteiger partial charge is 0.373 e. The summed E-state index contributed by atoms with van der Waals surface area (Å²) >= 11 is 0. The summed E-state index contributed by atoms with van der Waals surface area (Å²) in [6, 6.07) is 8.15. The van der Waals surface area contributed by atoms with Gasteiger partial charge in [-0.05, 0) is 48.6 Å². The first-order chi connectivity index (χ1) is 11.3. The lowest BCUT2D eigenvalue weighted by molar-refractivity contribution is -0.132. The van der Waals surface area contributed by atoms with Gasteiger partial charge in [0.2, 0.25) is 5.91 Å². The quantitative estimate of drug-likeness (QED) is 0.922. The minimum atomic E-state index is 0.173. The van der Waals surface area contributed by atoms with Crippen LogP contribution in [0, 0.1) is 0 Å². The van der Waals surface area contributed by atoms with E-state index in [4.69, 9.17) is 0 Å². The molecule has 120 valence electrons. The van der Waals surface area contributed by atoms with Crippen LogP contribution in [0.15, 0.2) is 42.9 Å². The Morgan fingerprint density at radius 2 is 2.30 bits per heavy atom. The molecule has 0 aliphatic carbocycles. The van der Waals surface area contributed by atoms with Crippen molar-refractivity contribution in [3.8, 4) is 0 Å². The second-order valence-electron chi connectivity index (χ2n) is 5.83. The van der Waals surface area contributed by atoms with Gasteiger partial charge in [-0.15, -0.1) is 0 Å². The molecule has 1 aliphatic heterocycles. The van der Waals surface area contributed by atoms with E-state index in [-0.39, 0.29) is 11.9 Å². The number of nitrogens with one attached hydrogen (secondary N) is 1. The summed E-state index contributed by atoms with van der Waals surface area (Å²) in [5, 5.41) is 3.06. The highest BCUT2D eigenvalue weighted by Gasteiger charge is 2.29. The second-order valence-corrected chi connectivity index (χ2v) is 5.83. The zero-order valence-electron chi connectivity index (χ0n) is 13.4. The maximum Gasteiger partial charge on any atom is 0.223 e. The average molecular weight is 310 g/mol. The number of likely N-dealkylation sites (tertiary alicyclic amines) is 1. The van der Waals surface area contributed by atoms with Crippen molar-refractivity contribution in [1.29, 1.82) is 0 Å². The van der Waals surface area contributed by atoms with E-state index < -0.39 is 0 Å². The Hall–Kier alpha value is -2.43. The highest BCUT2D eigenvalue weighted by molar-refractivity contribution is 5.77. The normalized spacial score (nSPS) is 17.3. The minimum absolute atomic E-state index is 0.173. The van der Waals surface area contributed by atoms with Crippen LogP contribution in [0.4, 0.5) is 5.82 Å². The van der Waals surface area contributed by atoms with E-state index in [0.717, 1.165) is 42.8 Å². The Bertz CT molecular complexity index is 659. The molecule has 3 rings (SSSR count). The molecule has 1 aliphatic rings. The highest BCUT2D eigenvalue weighted by Crippen LogP contribution is 2.33. The van der Waals surface area contributed by atoms with Gasteiger partial charge in [0.05, 0.1) is 6.04 Å². The third-order valence-corrected chi connectivity index (χ3v) is 4.35. The Morgan fingerprint density at radius 3 is 3.09 bits per heavy atom. The van der Waals surface area contributed by atoms with Gasteiger partial charge in [-0.25, -0.2) is 4.98 Å². The zero-order valence-corrected chi connectivity index (χ0v) is 13.4. The highest BCUT2D eigenvalue weighted by atomic mass is 16.2. The topological polar surface area (TPSA) is 58.1 Å². The number of aromatic nitrogens is 2. The number of aryl methyl sites for hydroxylation is 1. The van der Waals surface area contributed by atoms with Gasteiger partial charge in [0.1, 0.15) is 5.82 Å². The van der Waals surface area contributed by atoms with Crippen molar-refractivity contribution in [2.45, 2.75) is 31.7 Å². The van der Waals surface area contributed by atoms with Crippen LogP contribution in [-0.4, -0.2) is 34.4 Å².